The molecule has 27 heavy (non-hydrogen) atoms. The van der Waals surface area contributed by atoms with Crippen LogP contribution < -0.4 is 10.0 Å². The Bertz CT molecular complexity index is 1010. The molecule has 0 bridgehead atoms. The van der Waals surface area contributed by atoms with Gasteiger partial charge in [-0.15, -0.1) is 0 Å². The molecule has 2 rings (SSSR count). The second kappa shape index (κ2) is 8.82. The number of sulfonamides is 1. The smallest absolute Gasteiger partial charge is 0.350 e. The van der Waals surface area contributed by atoms with Crippen molar-refractivity contribution in [2.45, 2.75) is 11.8 Å². The Hall–Kier alpha value is -3.38. The van der Waals surface area contributed by atoms with E-state index in [0.717, 1.165) is 18.3 Å². The van der Waals surface area contributed by atoms with Crippen LogP contribution in [0.2, 0.25) is 0 Å². The Kier molecular flexibility index (Phi) is 6.51. The number of nitrogens with one attached hydrogen (secondary N) is 2. The zero-order valence-corrected chi connectivity index (χ0v) is 15.1. The van der Waals surface area contributed by atoms with Crippen molar-refractivity contribution < 1.29 is 22.3 Å². The van der Waals surface area contributed by atoms with Gasteiger partial charge in [0.25, 0.3) is 10.0 Å². The van der Waals surface area contributed by atoms with Crippen LogP contribution in [0.3, 0.4) is 0 Å². The second-order valence-electron chi connectivity index (χ2n) is 5.14. The fourth-order valence-corrected chi connectivity index (χ4v) is 3.14. The molecule has 0 spiro atoms. The van der Waals surface area contributed by atoms with Crippen molar-refractivity contribution in [2.75, 3.05) is 16.6 Å². The lowest BCUT2D eigenvalue weighted by molar-refractivity contribution is -0.138. The molecule has 2 aromatic carbocycles. The standard InChI is InChI=1S/C18H16FN3O4S/c1-2-26-18(23)13(11-20)12-21-16-8-3-4-9-17(16)22-27(24,25)15-7-5-6-14(19)10-15/h3-10,12,21-22H,2H2,1H3. The molecule has 7 nitrogen and oxygen atoms in total. The van der Waals surface area contributed by atoms with E-state index >= 15 is 0 Å². The van der Waals surface area contributed by atoms with E-state index in [1.807, 2.05) is 0 Å². The highest BCUT2D eigenvalue weighted by molar-refractivity contribution is 7.92. The molecule has 0 aliphatic carbocycles. The maximum absolute atomic E-state index is 13.3. The van der Waals surface area contributed by atoms with Crippen molar-refractivity contribution in [1.29, 1.82) is 5.26 Å². The lowest BCUT2D eigenvalue weighted by Crippen LogP contribution is -2.14. The first-order valence-corrected chi connectivity index (χ1v) is 9.27. The van der Waals surface area contributed by atoms with Gasteiger partial charge in [-0.25, -0.2) is 17.6 Å². The molecule has 0 aliphatic rings. The number of carbonyl (C=O) groups is 1. The zero-order chi connectivity index (χ0) is 19.9. The summed E-state index contributed by atoms with van der Waals surface area (Å²) in [4.78, 5) is 11.4. The molecule has 0 radical (unpaired) electrons. The summed E-state index contributed by atoms with van der Waals surface area (Å²) in [5, 5.41) is 11.7. The van der Waals surface area contributed by atoms with Gasteiger partial charge in [0, 0.05) is 6.20 Å². The second-order valence-corrected chi connectivity index (χ2v) is 6.83. The van der Waals surface area contributed by atoms with Crippen molar-refractivity contribution in [2.24, 2.45) is 0 Å². The van der Waals surface area contributed by atoms with E-state index in [1.165, 1.54) is 18.2 Å². The highest BCUT2D eigenvalue weighted by Crippen LogP contribution is 2.25. The summed E-state index contributed by atoms with van der Waals surface area (Å²) >= 11 is 0. The van der Waals surface area contributed by atoms with Gasteiger partial charge in [-0.2, -0.15) is 5.26 Å². The lowest BCUT2D eigenvalue weighted by atomic mass is 10.2. The van der Waals surface area contributed by atoms with Crippen molar-refractivity contribution in [3.63, 3.8) is 0 Å². The van der Waals surface area contributed by atoms with Crippen LogP contribution in [-0.2, 0) is 19.6 Å². The summed E-state index contributed by atoms with van der Waals surface area (Å²) in [7, 11) is -4.03. The Balaban J connectivity index is 2.28. The lowest BCUT2D eigenvalue weighted by Gasteiger charge is -2.12. The van der Waals surface area contributed by atoms with Crippen LogP contribution in [0.4, 0.5) is 15.8 Å². The maximum Gasteiger partial charge on any atom is 0.350 e. The number of nitriles is 1. The van der Waals surface area contributed by atoms with E-state index in [4.69, 9.17) is 10.00 Å². The minimum absolute atomic E-state index is 0.113. The van der Waals surface area contributed by atoms with E-state index in [-0.39, 0.29) is 28.5 Å². The van der Waals surface area contributed by atoms with E-state index in [2.05, 4.69) is 10.0 Å². The maximum atomic E-state index is 13.3. The molecule has 0 unspecified atom stereocenters. The van der Waals surface area contributed by atoms with E-state index in [1.54, 1.807) is 31.2 Å². The van der Waals surface area contributed by atoms with Crippen LogP contribution in [0, 0.1) is 17.1 Å². The molecule has 0 heterocycles. The van der Waals surface area contributed by atoms with Crippen LogP contribution in [0.25, 0.3) is 0 Å². The van der Waals surface area contributed by atoms with Gasteiger partial charge in [-0.05, 0) is 37.3 Å². The number of benzene rings is 2. The quantitative estimate of drug-likeness (QED) is 0.428. The number of hydrogen-bond acceptors (Lipinski definition) is 6. The molecule has 0 fully saturated rings. The summed E-state index contributed by atoms with van der Waals surface area (Å²) < 4.78 is 45.3. The molecule has 0 atom stereocenters. The highest BCUT2D eigenvalue weighted by Gasteiger charge is 2.17. The van der Waals surface area contributed by atoms with Gasteiger partial charge >= 0.3 is 5.97 Å². The number of halogens is 1. The number of hydrogen-bond donors (Lipinski definition) is 2. The molecule has 2 N–H and O–H groups in total. The van der Waals surface area contributed by atoms with Gasteiger partial charge in [-0.3, -0.25) is 4.72 Å². The van der Waals surface area contributed by atoms with Crippen LogP contribution in [0.15, 0.2) is 65.2 Å². The first kappa shape index (κ1) is 19.9. The normalized spacial score (nSPS) is 11.4. The minimum atomic E-state index is -4.03. The molecular weight excluding hydrogens is 373 g/mol. The first-order valence-electron chi connectivity index (χ1n) is 7.78. The zero-order valence-electron chi connectivity index (χ0n) is 14.3. The van der Waals surface area contributed by atoms with Crippen LogP contribution in [0.1, 0.15) is 6.92 Å². The fourth-order valence-electron chi connectivity index (χ4n) is 2.03. The van der Waals surface area contributed by atoms with Gasteiger partial charge in [0.15, 0.2) is 5.57 Å². The van der Waals surface area contributed by atoms with Crippen LogP contribution in [0.5, 0.6) is 0 Å². The fraction of sp³-hybridized carbons (Fsp3) is 0.111. The first-order chi connectivity index (χ1) is 12.9. The van der Waals surface area contributed by atoms with Crippen molar-refractivity contribution in [1.82, 2.24) is 0 Å². The third kappa shape index (κ3) is 5.29. The number of nitrogens with zero attached hydrogens (tertiary/aromatic N) is 1. The Labute approximate surface area is 156 Å². The van der Waals surface area contributed by atoms with Crippen molar-refractivity contribution in [3.8, 4) is 6.07 Å². The van der Waals surface area contributed by atoms with Crippen LogP contribution in [-0.4, -0.2) is 21.0 Å². The highest BCUT2D eigenvalue weighted by atomic mass is 32.2. The van der Waals surface area contributed by atoms with Gasteiger partial charge in [0.2, 0.25) is 0 Å². The minimum Gasteiger partial charge on any atom is -0.462 e. The predicted molar refractivity (Wildman–Crippen MR) is 97.6 cm³/mol. The molecule has 140 valence electrons. The van der Waals surface area contributed by atoms with E-state index in [0.29, 0.717) is 0 Å². The average Bonchev–Trinajstić information content (AvgIpc) is 2.63. The summed E-state index contributed by atoms with van der Waals surface area (Å²) in [6.45, 7) is 1.72. The molecule has 0 aromatic heterocycles. The predicted octanol–water partition coefficient (Wildman–Crippen LogP) is 3.01. The molecule has 0 saturated carbocycles. The number of carbonyl (C=O) groups excluding carboxylic acids is 1. The molecular formula is C18H16FN3O4S. The third-order valence-corrected chi connectivity index (χ3v) is 4.63. The summed E-state index contributed by atoms with van der Waals surface area (Å²) in [6, 6.07) is 12.5. The van der Waals surface area contributed by atoms with E-state index in [9.17, 15) is 17.6 Å². The molecule has 0 amide bonds. The van der Waals surface area contributed by atoms with Gasteiger partial charge < -0.3 is 10.1 Å². The molecule has 9 heteroatoms. The molecule has 2 aromatic rings. The number of ether oxygens (including phenoxy) is 1. The molecule has 0 saturated heterocycles. The topological polar surface area (TPSA) is 108 Å². The van der Waals surface area contributed by atoms with Crippen LogP contribution >= 0.6 is 0 Å². The summed E-state index contributed by atoms with van der Waals surface area (Å²) in [6.07, 6.45) is 1.12. The van der Waals surface area contributed by atoms with Crippen molar-refractivity contribution in [3.05, 3.63) is 66.1 Å². The monoisotopic (exact) mass is 389 g/mol. The SMILES string of the molecule is CCOC(=O)C(C#N)=CNc1ccccc1NS(=O)(=O)c1cccc(F)c1. The van der Waals surface area contributed by atoms with Gasteiger partial charge in [-0.1, -0.05) is 18.2 Å². The van der Waals surface area contributed by atoms with Gasteiger partial charge in [0.05, 0.1) is 22.9 Å². The summed E-state index contributed by atoms with van der Waals surface area (Å²) in [5.74, 6) is -1.48. The number of rotatable bonds is 7. The largest absolute Gasteiger partial charge is 0.462 e. The Morgan fingerprint density at radius 2 is 1.93 bits per heavy atom. The number of para-hydroxylation sites is 2. The Morgan fingerprint density at radius 1 is 1.22 bits per heavy atom. The number of anilines is 2. The molecule has 0 aliphatic heterocycles. The number of esters is 1. The van der Waals surface area contributed by atoms with Gasteiger partial charge in [0.1, 0.15) is 11.9 Å². The average molecular weight is 389 g/mol. The summed E-state index contributed by atoms with van der Waals surface area (Å²) in [5.41, 5.74) is 0.160. The van der Waals surface area contributed by atoms with Crippen molar-refractivity contribution >= 4 is 27.4 Å². The third-order valence-electron chi connectivity index (χ3n) is 3.27. The Morgan fingerprint density at radius 3 is 2.56 bits per heavy atom. The van der Waals surface area contributed by atoms with E-state index < -0.39 is 21.8 Å².